The standard InChI is InChI=1S/C7H10N4/c1-4-10-6(8)5-2-3-9-7(5)11-4/h2-4,9,11H,1H3,(H2,8,10). The highest BCUT2D eigenvalue weighted by Crippen LogP contribution is 2.17. The number of nitrogens with zero attached hydrogens (tertiary/aromatic N) is 1. The summed E-state index contributed by atoms with van der Waals surface area (Å²) in [6.07, 6.45) is 1.92. The summed E-state index contributed by atoms with van der Waals surface area (Å²) in [5.74, 6) is 1.57. The Morgan fingerprint density at radius 1 is 1.64 bits per heavy atom. The molecule has 1 aromatic rings. The predicted octanol–water partition coefficient (Wildman–Crippen LogP) is 0.492. The van der Waals surface area contributed by atoms with Crippen LogP contribution in [0.5, 0.6) is 0 Å². The Balaban J connectivity index is 2.50. The van der Waals surface area contributed by atoms with Crippen molar-refractivity contribution in [3.63, 3.8) is 0 Å². The maximum atomic E-state index is 5.67. The smallest absolute Gasteiger partial charge is 0.131 e. The molecule has 4 heteroatoms. The minimum Gasteiger partial charge on any atom is -0.383 e. The van der Waals surface area contributed by atoms with Gasteiger partial charge in [-0.15, -0.1) is 0 Å². The van der Waals surface area contributed by atoms with Crippen molar-refractivity contribution >= 4 is 11.7 Å². The Bertz CT molecular complexity index is 299. The van der Waals surface area contributed by atoms with Gasteiger partial charge in [0, 0.05) is 6.20 Å². The van der Waals surface area contributed by atoms with E-state index in [1.54, 1.807) is 0 Å². The third-order valence-corrected chi connectivity index (χ3v) is 1.71. The average molecular weight is 150 g/mol. The van der Waals surface area contributed by atoms with Crippen LogP contribution in [0.15, 0.2) is 17.3 Å². The van der Waals surface area contributed by atoms with Crippen molar-refractivity contribution in [2.75, 3.05) is 5.32 Å². The second-order valence-electron chi connectivity index (χ2n) is 2.60. The number of nitrogens with one attached hydrogen (secondary N) is 2. The van der Waals surface area contributed by atoms with E-state index < -0.39 is 0 Å². The number of aliphatic imine (C=N–C) groups is 1. The Hall–Kier alpha value is -1.45. The molecule has 0 saturated heterocycles. The molecular formula is C7H10N4. The fourth-order valence-electron chi connectivity index (χ4n) is 1.22. The van der Waals surface area contributed by atoms with E-state index >= 15 is 0 Å². The molecule has 0 aromatic carbocycles. The molecule has 4 N–H and O–H groups in total. The van der Waals surface area contributed by atoms with E-state index in [1.165, 1.54) is 0 Å². The topological polar surface area (TPSA) is 66.2 Å². The van der Waals surface area contributed by atoms with Crippen LogP contribution in [0.1, 0.15) is 12.5 Å². The molecule has 1 aromatic heterocycles. The van der Waals surface area contributed by atoms with Gasteiger partial charge in [0.1, 0.15) is 17.8 Å². The van der Waals surface area contributed by atoms with Crippen LogP contribution in [0.2, 0.25) is 0 Å². The summed E-state index contributed by atoms with van der Waals surface area (Å²) in [5.41, 5.74) is 6.63. The minimum atomic E-state index is 0.0705. The number of aromatic nitrogens is 1. The van der Waals surface area contributed by atoms with Crippen LogP contribution in [0, 0.1) is 0 Å². The molecule has 0 amide bonds. The molecule has 0 spiro atoms. The van der Waals surface area contributed by atoms with Crippen LogP contribution in [0.4, 0.5) is 5.82 Å². The molecule has 0 saturated carbocycles. The van der Waals surface area contributed by atoms with Gasteiger partial charge in [-0.1, -0.05) is 0 Å². The summed E-state index contributed by atoms with van der Waals surface area (Å²) in [6.45, 7) is 1.96. The number of amidine groups is 1. The van der Waals surface area contributed by atoms with Gasteiger partial charge in [-0.05, 0) is 13.0 Å². The molecule has 2 heterocycles. The van der Waals surface area contributed by atoms with Crippen molar-refractivity contribution in [2.24, 2.45) is 10.7 Å². The number of aromatic amines is 1. The molecule has 0 radical (unpaired) electrons. The molecule has 2 rings (SSSR count). The first-order chi connectivity index (χ1) is 5.27. The van der Waals surface area contributed by atoms with E-state index in [0.29, 0.717) is 5.84 Å². The number of hydrogen-bond donors (Lipinski definition) is 3. The fraction of sp³-hybridized carbons (Fsp3) is 0.286. The first-order valence-electron chi connectivity index (χ1n) is 3.55. The molecular weight excluding hydrogens is 140 g/mol. The van der Waals surface area contributed by atoms with Crippen molar-refractivity contribution < 1.29 is 0 Å². The van der Waals surface area contributed by atoms with Gasteiger partial charge in [0.05, 0.1) is 5.56 Å². The number of H-pyrrole nitrogens is 1. The monoisotopic (exact) mass is 150 g/mol. The van der Waals surface area contributed by atoms with Gasteiger partial charge in [0.25, 0.3) is 0 Å². The molecule has 11 heavy (non-hydrogen) atoms. The third-order valence-electron chi connectivity index (χ3n) is 1.71. The number of anilines is 1. The van der Waals surface area contributed by atoms with Crippen LogP contribution >= 0.6 is 0 Å². The Morgan fingerprint density at radius 3 is 3.27 bits per heavy atom. The molecule has 1 atom stereocenters. The molecule has 4 nitrogen and oxygen atoms in total. The van der Waals surface area contributed by atoms with Crippen molar-refractivity contribution in [3.05, 3.63) is 17.8 Å². The first kappa shape index (κ1) is 6.27. The van der Waals surface area contributed by atoms with Gasteiger partial charge in [-0.3, -0.25) is 0 Å². The lowest BCUT2D eigenvalue weighted by atomic mass is 10.2. The summed E-state index contributed by atoms with van der Waals surface area (Å²) in [7, 11) is 0. The average Bonchev–Trinajstić information content (AvgIpc) is 2.34. The molecule has 1 aliphatic heterocycles. The zero-order chi connectivity index (χ0) is 7.84. The molecule has 0 bridgehead atoms. The van der Waals surface area contributed by atoms with E-state index in [1.807, 2.05) is 19.2 Å². The zero-order valence-electron chi connectivity index (χ0n) is 6.26. The molecule has 58 valence electrons. The lowest BCUT2D eigenvalue weighted by Gasteiger charge is -2.17. The minimum absolute atomic E-state index is 0.0705. The van der Waals surface area contributed by atoms with Crippen molar-refractivity contribution in [1.82, 2.24) is 4.98 Å². The quantitative estimate of drug-likeness (QED) is 0.504. The van der Waals surface area contributed by atoms with E-state index in [9.17, 15) is 0 Å². The number of fused-ring (bicyclic) bond motifs is 1. The number of rotatable bonds is 0. The second-order valence-corrected chi connectivity index (χ2v) is 2.60. The van der Waals surface area contributed by atoms with Crippen LogP contribution in [0.25, 0.3) is 0 Å². The van der Waals surface area contributed by atoms with E-state index in [-0.39, 0.29) is 6.17 Å². The van der Waals surface area contributed by atoms with Crippen molar-refractivity contribution in [3.8, 4) is 0 Å². The lowest BCUT2D eigenvalue weighted by molar-refractivity contribution is 0.834. The first-order valence-corrected chi connectivity index (χ1v) is 3.55. The van der Waals surface area contributed by atoms with Gasteiger partial charge >= 0.3 is 0 Å². The number of hydrogen-bond acceptors (Lipinski definition) is 3. The van der Waals surface area contributed by atoms with E-state index in [4.69, 9.17) is 5.73 Å². The van der Waals surface area contributed by atoms with Gasteiger partial charge in [-0.2, -0.15) is 0 Å². The lowest BCUT2D eigenvalue weighted by Crippen LogP contribution is -2.27. The summed E-state index contributed by atoms with van der Waals surface area (Å²) >= 11 is 0. The van der Waals surface area contributed by atoms with Crippen LogP contribution in [0.3, 0.4) is 0 Å². The van der Waals surface area contributed by atoms with Crippen molar-refractivity contribution in [1.29, 1.82) is 0 Å². The molecule has 1 aliphatic rings. The van der Waals surface area contributed by atoms with Crippen molar-refractivity contribution in [2.45, 2.75) is 13.1 Å². The summed E-state index contributed by atoms with van der Waals surface area (Å²) in [4.78, 5) is 7.21. The summed E-state index contributed by atoms with van der Waals surface area (Å²) < 4.78 is 0. The summed E-state index contributed by atoms with van der Waals surface area (Å²) in [5, 5.41) is 3.15. The van der Waals surface area contributed by atoms with Gasteiger partial charge < -0.3 is 16.0 Å². The third kappa shape index (κ3) is 0.869. The Morgan fingerprint density at radius 2 is 2.45 bits per heavy atom. The second kappa shape index (κ2) is 2.02. The largest absolute Gasteiger partial charge is 0.383 e. The van der Waals surface area contributed by atoms with Gasteiger partial charge in [-0.25, -0.2) is 4.99 Å². The molecule has 0 aliphatic carbocycles. The van der Waals surface area contributed by atoms with Gasteiger partial charge in [0.2, 0.25) is 0 Å². The van der Waals surface area contributed by atoms with Gasteiger partial charge in [0.15, 0.2) is 0 Å². The SMILES string of the molecule is CC1N=C(N)c2cc[nH]c2N1. The maximum absolute atomic E-state index is 5.67. The Labute approximate surface area is 64.5 Å². The summed E-state index contributed by atoms with van der Waals surface area (Å²) in [6, 6.07) is 1.91. The highest BCUT2D eigenvalue weighted by molar-refractivity contribution is 6.03. The normalized spacial score (nSPS) is 21.9. The van der Waals surface area contributed by atoms with E-state index in [0.717, 1.165) is 11.4 Å². The molecule has 0 fully saturated rings. The fourth-order valence-corrected chi connectivity index (χ4v) is 1.22. The highest BCUT2D eigenvalue weighted by Gasteiger charge is 2.14. The molecule has 1 unspecified atom stereocenters. The highest BCUT2D eigenvalue weighted by atomic mass is 15.2. The Kier molecular flexibility index (Phi) is 1.15. The zero-order valence-corrected chi connectivity index (χ0v) is 6.26. The van der Waals surface area contributed by atoms with Crippen LogP contribution in [-0.2, 0) is 0 Å². The van der Waals surface area contributed by atoms with Crippen LogP contribution < -0.4 is 11.1 Å². The predicted molar refractivity (Wildman–Crippen MR) is 44.6 cm³/mol. The van der Waals surface area contributed by atoms with Crippen LogP contribution in [-0.4, -0.2) is 17.0 Å². The number of nitrogens with two attached hydrogens (primary N) is 1. The maximum Gasteiger partial charge on any atom is 0.131 e. The van der Waals surface area contributed by atoms with E-state index in [2.05, 4.69) is 15.3 Å².